The van der Waals surface area contributed by atoms with Gasteiger partial charge in [0, 0.05) is 19.6 Å². The zero-order chi connectivity index (χ0) is 12.3. The molecule has 1 aromatic rings. The predicted molar refractivity (Wildman–Crippen MR) is 62.9 cm³/mol. The van der Waals surface area contributed by atoms with Crippen LogP contribution < -0.4 is 5.73 Å². The lowest BCUT2D eigenvalue weighted by molar-refractivity contribution is -0.133. The summed E-state index contributed by atoms with van der Waals surface area (Å²) in [6.07, 6.45) is 4.04. The number of hydrogen-bond donors (Lipinski definition) is 1. The largest absolute Gasteiger partial charge is 0.341 e. The minimum Gasteiger partial charge on any atom is -0.341 e. The minimum absolute atomic E-state index is 0.116. The van der Waals surface area contributed by atoms with Gasteiger partial charge in [0.25, 0.3) is 0 Å². The van der Waals surface area contributed by atoms with E-state index in [9.17, 15) is 4.79 Å². The van der Waals surface area contributed by atoms with Crippen LogP contribution in [0.3, 0.4) is 0 Å². The van der Waals surface area contributed by atoms with Gasteiger partial charge in [-0.05, 0) is 18.8 Å². The molecule has 1 aromatic heterocycles. The van der Waals surface area contributed by atoms with Crippen LogP contribution in [0.25, 0.3) is 0 Å². The Kier molecular flexibility index (Phi) is 3.73. The van der Waals surface area contributed by atoms with Gasteiger partial charge >= 0.3 is 0 Å². The van der Waals surface area contributed by atoms with Crippen molar-refractivity contribution in [1.82, 2.24) is 19.9 Å². The van der Waals surface area contributed by atoms with Crippen LogP contribution in [0.15, 0.2) is 6.20 Å². The van der Waals surface area contributed by atoms with Crippen molar-refractivity contribution in [2.24, 2.45) is 11.7 Å². The van der Waals surface area contributed by atoms with Crippen molar-refractivity contribution >= 4 is 5.91 Å². The van der Waals surface area contributed by atoms with E-state index in [0.717, 1.165) is 19.5 Å². The third kappa shape index (κ3) is 3.03. The number of rotatable bonds is 3. The molecule has 0 saturated carbocycles. The maximum absolute atomic E-state index is 12.0. The summed E-state index contributed by atoms with van der Waals surface area (Å²) < 4.78 is 1.56. The first kappa shape index (κ1) is 12.0. The third-order valence-electron chi connectivity index (χ3n) is 3.10. The van der Waals surface area contributed by atoms with Gasteiger partial charge in [0.05, 0.1) is 11.9 Å². The van der Waals surface area contributed by atoms with Crippen molar-refractivity contribution in [2.45, 2.75) is 32.9 Å². The molecule has 0 spiro atoms. The van der Waals surface area contributed by atoms with Crippen molar-refractivity contribution < 1.29 is 4.79 Å². The van der Waals surface area contributed by atoms with E-state index in [-0.39, 0.29) is 12.5 Å². The number of carbonyl (C=O) groups is 1. The minimum atomic E-state index is 0.116. The van der Waals surface area contributed by atoms with E-state index in [0.29, 0.717) is 18.2 Å². The number of amides is 1. The fourth-order valence-electron chi connectivity index (χ4n) is 2.16. The van der Waals surface area contributed by atoms with Crippen molar-refractivity contribution in [2.75, 3.05) is 13.1 Å². The van der Waals surface area contributed by atoms with Crippen LogP contribution in [0.1, 0.15) is 25.5 Å². The first-order valence-corrected chi connectivity index (χ1v) is 6.06. The molecular weight excluding hydrogens is 218 g/mol. The average molecular weight is 237 g/mol. The van der Waals surface area contributed by atoms with E-state index in [1.165, 1.54) is 6.42 Å². The van der Waals surface area contributed by atoms with Gasteiger partial charge in [-0.25, -0.2) is 4.68 Å². The smallest absolute Gasteiger partial charge is 0.244 e. The van der Waals surface area contributed by atoms with Gasteiger partial charge < -0.3 is 10.6 Å². The fourth-order valence-corrected chi connectivity index (χ4v) is 2.16. The van der Waals surface area contributed by atoms with E-state index < -0.39 is 0 Å². The van der Waals surface area contributed by atoms with Crippen molar-refractivity contribution in [3.8, 4) is 0 Å². The molecule has 94 valence electrons. The average Bonchev–Trinajstić information content (AvgIpc) is 2.77. The molecule has 1 atom stereocenters. The number of likely N-dealkylation sites (tertiary alicyclic amines) is 1. The summed E-state index contributed by atoms with van der Waals surface area (Å²) in [6.45, 7) is 4.52. The van der Waals surface area contributed by atoms with Crippen LogP contribution in [-0.4, -0.2) is 38.9 Å². The summed E-state index contributed by atoms with van der Waals surface area (Å²) >= 11 is 0. The summed E-state index contributed by atoms with van der Waals surface area (Å²) in [4.78, 5) is 13.9. The van der Waals surface area contributed by atoms with Gasteiger partial charge in [0.15, 0.2) is 0 Å². The Hall–Kier alpha value is -1.43. The maximum atomic E-state index is 12.0. The Bertz CT molecular complexity index is 389. The lowest BCUT2D eigenvalue weighted by Gasteiger charge is -2.30. The molecule has 1 fully saturated rings. The Balaban J connectivity index is 1.91. The second kappa shape index (κ2) is 5.27. The van der Waals surface area contributed by atoms with E-state index >= 15 is 0 Å². The molecular formula is C11H19N5O. The second-order valence-corrected chi connectivity index (χ2v) is 4.70. The van der Waals surface area contributed by atoms with Gasteiger partial charge in [-0.3, -0.25) is 4.79 Å². The summed E-state index contributed by atoms with van der Waals surface area (Å²) in [6, 6.07) is 0. The lowest BCUT2D eigenvalue weighted by Crippen LogP contribution is -2.40. The number of piperidine rings is 1. The molecule has 6 nitrogen and oxygen atoms in total. The summed E-state index contributed by atoms with van der Waals surface area (Å²) in [5.74, 6) is 0.716. The van der Waals surface area contributed by atoms with E-state index in [1.807, 2.05) is 4.90 Å². The number of aromatic nitrogens is 3. The van der Waals surface area contributed by atoms with E-state index in [4.69, 9.17) is 5.73 Å². The molecule has 0 aromatic carbocycles. The zero-order valence-corrected chi connectivity index (χ0v) is 10.2. The fraction of sp³-hybridized carbons (Fsp3) is 0.727. The Labute approximate surface area is 101 Å². The standard InChI is InChI=1S/C11H19N5O/c1-9-3-2-4-15(6-9)11(17)8-16-7-10(5-12)13-14-16/h7,9H,2-6,8,12H2,1H3. The highest BCUT2D eigenvalue weighted by Crippen LogP contribution is 2.15. The van der Waals surface area contributed by atoms with E-state index in [2.05, 4.69) is 17.2 Å². The monoisotopic (exact) mass is 237 g/mol. The highest BCUT2D eigenvalue weighted by Gasteiger charge is 2.21. The first-order chi connectivity index (χ1) is 8.19. The van der Waals surface area contributed by atoms with Gasteiger partial charge in [-0.15, -0.1) is 5.10 Å². The molecule has 6 heteroatoms. The normalized spacial score (nSPS) is 20.6. The lowest BCUT2D eigenvalue weighted by atomic mass is 10.0. The molecule has 1 aliphatic heterocycles. The van der Waals surface area contributed by atoms with Crippen molar-refractivity contribution in [1.29, 1.82) is 0 Å². The van der Waals surface area contributed by atoms with Crippen LogP contribution in [0, 0.1) is 5.92 Å². The van der Waals surface area contributed by atoms with Crippen LogP contribution in [0.4, 0.5) is 0 Å². The van der Waals surface area contributed by atoms with Crippen LogP contribution in [0.5, 0.6) is 0 Å². The SMILES string of the molecule is CC1CCCN(C(=O)Cn2cc(CN)nn2)C1. The quantitative estimate of drug-likeness (QED) is 0.802. The van der Waals surface area contributed by atoms with Gasteiger partial charge in [0.1, 0.15) is 6.54 Å². The zero-order valence-electron chi connectivity index (χ0n) is 10.2. The third-order valence-corrected chi connectivity index (χ3v) is 3.10. The van der Waals surface area contributed by atoms with E-state index in [1.54, 1.807) is 10.9 Å². The molecule has 0 aliphatic carbocycles. The second-order valence-electron chi connectivity index (χ2n) is 4.70. The highest BCUT2D eigenvalue weighted by atomic mass is 16.2. The van der Waals surface area contributed by atoms with Crippen LogP contribution >= 0.6 is 0 Å². The van der Waals surface area contributed by atoms with Crippen LogP contribution in [0.2, 0.25) is 0 Å². The molecule has 17 heavy (non-hydrogen) atoms. The molecule has 2 rings (SSSR count). The molecule has 1 unspecified atom stereocenters. The number of hydrogen-bond acceptors (Lipinski definition) is 4. The Morgan fingerprint density at radius 3 is 3.12 bits per heavy atom. The Morgan fingerprint density at radius 2 is 2.47 bits per heavy atom. The first-order valence-electron chi connectivity index (χ1n) is 6.06. The number of carbonyl (C=O) groups excluding carboxylic acids is 1. The number of nitrogens with zero attached hydrogens (tertiary/aromatic N) is 4. The molecule has 2 N–H and O–H groups in total. The highest BCUT2D eigenvalue weighted by molar-refractivity contribution is 5.76. The van der Waals surface area contributed by atoms with Crippen molar-refractivity contribution in [3.05, 3.63) is 11.9 Å². The molecule has 0 bridgehead atoms. The maximum Gasteiger partial charge on any atom is 0.244 e. The number of nitrogens with two attached hydrogens (primary N) is 1. The summed E-state index contributed by atoms with van der Waals surface area (Å²) in [5.41, 5.74) is 6.16. The summed E-state index contributed by atoms with van der Waals surface area (Å²) in [7, 11) is 0. The van der Waals surface area contributed by atoms with Gasteiger partial charge in [-0.1, -0.05) is 12.1 Å². The topological polar surface area (TPSA) is 77.0 Å². The van der Waals surface area contributed by atoms with Gasteiger partial charge in [0.2, 0.25) is 5.91 Å². The molecule has 1 amide bonds. The predicted octanol–water partition coefficient (Wildman–Crippen LogP) is -0.00470. The molecule has 1 saturated heterocycles. The van der Waals surface area contributed by atoms with Crippen LogP contribution in [-0.2, 0) is 17.9 Å². The molecule has 2 heterocycles. The summed E-state index contributed by atoms with van der Waals surface area (Å²) in [5, 5.41) is 7.75. The molecule has 1 aliphatic rings. The van der Waals surface area contributed by atoms with Crippen molar-refractivity contribution in [3.63, 3.8) is 0 Å². The van der Waals surface area contributed by atoms with Gasteiger partial charge in [-0.2, -0.15) is 0 Å². The Morgan fingerprint density at radius 1 is 1.65 bits per heavy atom. The molecule has 0 radical (unpaired) electrons.